The van der Waals surface area contributed by atoms with E-state index in [0.29, 0.717) is 29.2 Å². The Morgan fingerprint density at radius 1 is 1.25 bits per heavy atom. The van der Waals surface area contributed by atoms with Crippen molar-refractivity contribution >= 4 is 5.97 Å². The molecule has 0 aliphatic heterocycles. The minimum absolute atomic E-state index is 0.0332. The summed E-state index contributed by atoms with van der Waals surface area (Å²) in [5, 5.41) is 0. The largest absolute Gasteiger partial charge is 0.454 e. The van der Waals surface area contributed by atoms with Crippen LogP contribution in [0.4, 0.5) is 0 Å². The van der Waals surface area contributed by atoms with Gasteiger partial charge in [0.15, 0.2) is 0 Å². The van der Waals surface area contributed by atoms with Gasteiger partial charge in [-0.05, 0) is 37.2 Å². The van der Waals surface area contributed by atoms with Crippen molar-refractivity contribution in [2.75, 3.05) is 0 Å². The highest BCUT2D eigenvalue weighted by atomic mass is 16.5. The van der Waals surface area contributed by atoms with Gasteiger partial charge >= 0.3 is 5.97 Å². The van der Waals surface area contributed by atoms with Crippen LogP contribution in [0.1, 0.15) is 13.3 Å². The molecule has 0 aromatic heterocycles. The molecule has 0 unspecified atom stereocenters. The van der Waals surface area contributed by atoms with E-state index < -0.39 is 0 Å². The number of allylic oxidation sites excluding steroid dienone is 3. The molecule has 2 nitrogen and oxygen atoms in total. The summed E-state index contributed by atoms with van der Waals surface area (Å²) in [5.74, 6) is 2.10. The van der Waals surface area contributed by atoms with Crippen molar-refractivity contribution in [3.8, 4) is 0 Å². The van der Waals surface area contributed by atoms with Crippen molar-refractivity contribution < 1.29 is 9.53 Å². The van der Waals surface area contributed by atoms with Crippen LogP contribution in [-0.2, 0) is 9.53 Å². The SMILES string of the molecule is C=C(C)C(=O)O[C@H]1C=C[C@@H]2[C@H]1[C@H]1C=C[C@H]2C1. The summed E-state index contributed by atoms with van der Waals surface area (Å²) in [6.07, 6.45) is 10.1. The molecule has 3 aliphatic rings. The number of fused-ring (bicyclic) bond motifs is 5. The minimum Gasteiger partial charge on any atom is -0.454 e. The second-order valence-electron chi connectivity index (χ2n) is 5.14. The molecule has 0 aromatic rings. The molecule has 0 saturated heterocycles. The first-order valence-electron chi connectivity index (χ1n) is 5.90. The molecule has 2 heteroatoms. The van der Waals surface area contributed by atoms with Gasteiger partial charge in [0, 0.05) is 11.5 Å². The van der Waals surface area contributed by atoms with E-state index in [1.807, 2.05) is 0 Å². The summed E-state index contributed by atoms with van der Waals surface area (Å²) in [7, 11) is 0. The highest BCUT2D eigenvalue weighted by Crippen LogP contribution is 2.53. The van der Waals surface area contributed by atoms with Gasteiger partial charge in [0.1, 0.15) is 6.10 Å². The maximum absolute atomic E-state index is 11.5. The molecule has 0 aromatic carbocycles. The van der Waals surface area contributed by atoms with Gasteiger partial charge in [-0.25, -0.2) is 4.79 Å². The fraction of sp³-hybridized carbons (Fsp3) is 0.500. The molecule has 0 heterocycles. The lowest BCUT2D eigenvalue weighted by atomic mass is 9.84. The smallest absolute Gasteiger partial charge is 0.333 e. The molecular formula is C14H16O2. The van der Waals surface area contributed by atoms with Gasteiger partial charge in [-0.1, -0.05) is 24.8 Å². The van der Waals surface area contributed by atoms with Gasteiger partial charge in [-0.3, -0.25) is 0 Å². The van der Waals surface area contributed by atoms with Crippen molar-refractivity contribution in [2.24, 2.45) is 23.7 Å². The van der Waals surface area contributed by atoms with Crippen LogP contribution in [0.25, 0.3) is 0 Å². The monoisotopic (exact) mass is 216 g/mol. The van der Waals surface area contributed by atoms with Crippen LogP contribution in [0.2, 0.25) is 0 Å². The second kappa shape index (κ2) is 3.34. The third-order valence-corrected chi connectivity index (χ3v) is 4.08. The summed E-state index contributed by atoms with van der Waals surface area (Å²) in [5.41, 5.74) is 0.482. The van der Waals surface area contributed by atoms with Crippen LogP contribution in [0.3, 0.4) is 0 Å². The molecule has 1 fully saturated rings. The van der Waals surface area contributed by atoms with E-state index >= 15 is 0 Å². The van der Waals surface area contributed by atoms with Gasteiger partial charge < -0.3 is 4.74 Å². The molecule has 1 saturated carbocycles. The first-order chi connectivity index (χ1) is 7.66. The Balaban J connectivity index is 1.75. The maximum atomic E-state index is 11.5. The summed E-state index contributed by atoms with van der Waals surface area (Å²) in [6.45, 7) is 5.31. The van der Waals surface area contributed by atoms with E-state index in [-0.39, 0.29) is 12.1 Å². The zero-order chi connectivity index (χ0) is 11.3. The molecule has 0 amide bonds. The lowest BCUT2D eigenvalue weighted by Gasteiger charge is -2.25. The minimum atomic E-state index is -0.262. The summed E-state index contributed by atoms with van der Waals surface area (Å²) in [6, 6.07) is 0. The average Bonchev–Trinajstić information content (AvgIpc) is 2.88. The van der Waals surface area contributed by atoms with Gasteiger partial charge in [0.2, 0.25) is 0 Å². The zero-order valence-corrected chi connectivity index (χ0v) is 9.43. The lowest BCUT2D eigenvalue weighted by Crippen LogP contribution is -2.28. The average molecular weight is 216 g/mol. The molecule has 3 rings (SSSR count). The Morgan fingerprint density at radius 3 is 2.75 bits per heavy atom. The number of ether oxygens (including phenoxy) is 1. The predicted octanol–water partition coefficient (Wildman–Crippen LogP) is 2.48. The van der Waals surface area contributed by atoms with Crippen LogP contribution in [0, 0.1) is 23.7 Å². The Labute approximate surface area is 95.7 Å². The van der Waals surface area contributed by atoms with Gasteiger partial charge in [-0.2, -0.15) is 0 Å². The molecule has 3 aliphatic carbocycles. The van der Waals surface area contributed by atoms with Crippen LogP contribution in [-0.4, -0.2) is 12.1 Å². The van der Waals surface area contributed by atoms with Crippen LogP contribution in [0.5, 0.6) is 0 Å². The van der Waals surface area contributed by atoms with Gasteiger partial charge in [-0.15, -0.1) is 0 Å². The van der Waals surface area contributed by atoms with Gasteiger partial charge in [0.05, 0.1) is 0 Å². The van der Waals surface area contributed by atoms with E-state index in [0.717, 1.165) is 0 Å². The molecule has 0 spiro atoms. The predicted molar refractivity (Wildman–Crippen MR) is 61.6 cm³/mol. The highest BCUT2D eigenvalue weighted by molar-refractivity contribution is 5.87. The summed E-state index contributed by atoms with van der Waals surface area (Å²) in [4.78, 5) is 11.5. The van der Waals surface area contributed by atoms with E-state index in [4.69, 9.17) is 4.74 Å². The molecular weight excluding hydrogens is 200 g/mol. The Bertz CT molecular complexity index is 405. The molecule has 0 N–H and O–H groups in total. The normalized spacial score (nSPS) is 42.4. The number of esters is 1. The topological polar surface area (TPSA) is 26.3 Å². The fourth-order valence-corrected chi connectivity index (χ4v) is 3.34. The third kappa shape index (κ3) is 1.29. The number of rotatable bonds is 2. The van der Waals surface area contributed by atoms with Crippen molar-refractivity contribution in [2.45, 2.75) is 19.4 Å². The maximum Gasteiger partial charge on any atom is 0.333 e. The summed E-state index contributed by atoms with van der Waals surface area (Å²) >= 11 is 0. The molecule has 16 heavy (non-hydrogen) atoms. The van der Waals surface area contributed by atoms with Gasteiger partial charge in [0.25, 0.3) is 0 Å². The van der Waals surface area contributed by atoms with Crippen molar-refractivity contribution in [3.63, 3.8) is 0 Å². The Kier molecular flexibility index (Phi) is 2.06. The Hall–Kier alpha value is -1.31. The van der Waals surface area contributed by atoms with Crippen LogP contribution in [0.15, 0.2) is 36.5 Å². The fourth-order valence-electron chi connectivity index (χ4n) is 3.34. The van der Waals surface area contributed by atoms with Crippen molar-refractivity contribution in [3.05, 3.63) is 36.5 Å². The van der Waals surface area contributed by atoms with Crippen molar-refractivity contribution in [1.82, 2.24) is 0 Å². The number of hydrogen-bond donors (Lipinski definition) is 0. The standard InChI is InChI=1S/C14H16O2/c1-8(2)14(15)16-12-6-5-11-9-3-4-10(7-9)13(11)12/h3-6,9-13H,1,7H2,2H3/t9-,10-,11-,12-,13+/m0/s1. The van der Waals surface area contributed by atoms with E-state index in [2.05, 4.69) is 30.9 Å². The van der Waals surface area contributed by atoms with E-state index in [9.17, 15) is 4.79 Å². The second-order valence-corrected chi connectivity index (χ2v) is 5.14. The quantitative estimate of drug-likeness (QED) is 0.402. The van der Waals surface area contributed by atoms with E-state index in [1.54, 1.807) is 6.92 Å². The first-order valence-corrected chi connectivity index (χ1v) is 5.90. The molecule has 2 bridgehead atoms. The highest BCUT2D eigenvalue weighted by Gasteiger charge is 2.50. The Morgan fingerprint density at radius 2 is 2.00 bits per heavy atom. The third-order valence-electron chi connectivity index (χ3n) is 4.08. The lowest BCUT2D eigenvalue weighted by molar-refractivity contribution is -0.144. The van der Waals surface area contributed by atoms with E-state index in [1.165, 1.54) is 6.42 Å². The first kappa shape index (κ1) is 9.88. The number of carbonyl (C=O) groups is 1. The molecule has 84 valence electrons. The van der Waals surface area contributed by atoms with Crippen molar-refractivity contribution in [1.29, 1.82) is 0 Å². The number of carbonyl (C=O) groups excluding carboxylic acids is 1. The molecule has 0 radical (unpaired) electrons. The zero-order valence-electron chi connectivity index (χ0n) is 9.43. The van der Waals surface area contributed by atoms with Crippen LogP contribution >= 0.6 is 0 Å². The van der Waals surface area contributed by atoms with Crippen LogP contribution < -0.4 is 0 Å². The summed E-state index contributed by atoms with van der Waals surface area (Å²) < 4.78 is 5.48. The number of hydrogen-bond acceptors (Lipinski definition) is 2. The molecule has 5 atom stereocenters.